The van der Waals surface area contributed by atoms with Crippen LogP contribution in [0, 0.1) is 0 Å². The predicted octanol–water partition coefficient (Wildman–Crippen LogP) is -0.427. The highest BCUT2D eigenvalue weighted by Crippen LogP contribution is 2.33. The minimum Gasteiger partial charge on any atom is -0.497 e. The van der Waals surface area contributed by atoms with E-state index in [0.717, 1.165) is 4.41 Å². The number of hydrogen-bond donors (Lipinski definition) is 1. The first-order valence-electron chi connectivity index (χ1n) is 8.91. The molecule has 2 heterocycles. The molecule has 29 heavy (non-hydrogen) atoms. The zero-order valence-corrected chi connectivity index (χ0v) is 18.5. The van der Waals surface area contributed by atoms with Crippen molar-refractivity contribution in [1.29, 1.82) is 0 Å². The van der Waals surface area contributed by atoms with E-state index in [-0.39, 0.29) is 52.2 Å². The lowest BCUT2D eigenvalue weighted by Crippen LogP contribution is -2.54. The Morgan fingerprint density at radius 1 is 1.00 bits per heavy atom. The lowest BCUT2D eigenvalue weighted by molar-refractivity contribution is 0.228. The number of nitrogens with one attached hydrogen (secondary N) is 1. The molecule has 1 N–H and O–H groups in total. The summed E-state index contributed by atoms with van der Waals surface area (Å²) >= 11 is 0. The zero-order chi connectivity index (χ0) is 21.4. The minimum atomic E-state index is -4.28. The highest BCUT2D eigenvalue weighted by molar-refractivity contribution is 7.92. The summed E-state index contributed by atoms with van der Waals surface area (Å²) in [6, 6.07) is 2.78. The topological polar surface area (TPSA) is 136 Å². The van der Waals surface area contributed by atoms with Crippen LogP contribution in [0.15, 0.2) is 23.1 Å². The van der Waals surface area contributed by atoms with E-state index in [1.807, 2.05) is 0 Å². The van der Waals surface area contributed by atoms with E-state index in [4.69, 9.17) is 9.47 Å². The molecule has 0 unspecified atom stereocenters. The van der Waals surface area contributed by atoms with Crippen molar-refractivity contribution in [3.8, 4) is 11.5 Å². The van der Waals surface area contributed by atoms with E-state index in [9.17, 15) is 25.3 Å². The molecule has 2 aliphatic heterocycles. The Morgan fingerprint density at radius 3 is 2.17 bits per heavy atom. The molecule has 2 atom stereocenters. The number of nitrogens with zero attached hydrogens (tertiary/aromatic N) is 1. The predicted molar refractivity (Wildman–Crippen MR) is 106 cm³/mol. The fourth-order valence-electron chi connectivity index (χ4n) is 3.50. The molecular formula is C16H24N2O8S3. The lowest BCUT2D eigenvalue weighted by atomic mass is 10.2. The zero-order valence-electron chi connectivity index (χ0n) is 16.1. The Labute approximate surface area is 171 Å². The standard InChI is InChI=1S/C16H24N2O8S3/c1-25-14-3-4-15(26-2)16(9-14)29(23,24)18(13-6-8-28(21,22)11-13)17-12-5-7-27(19,20)10-12/h3-4,9,12-13,17H,5-8,10-11H2,1-2H3/t12-,13+/m1/s1. The van der Waals surface area contributed by atoms with Crippen LogP contribution >= 0.6 is 0 Å². The summed E-state index contributed by atoms with van der Waals surface area (Å²) in [6.07, 6.45) is 0.351. The van der Waals surface area contributed by atoms with Crippen LogP contribution in [0.25, 0.3) is 0 Å². The average Bonchev–Trinajstić information content (AvgIpc) is 3.19. The molecule has 0 aromatic heterocycles. The van der Waals surface area contributed by atoms with Gasteiger partial charge in [-0.2, -0.15) is 0 Å². The van der Waals surface area contributed by atoms with Gasteiger partial charge >= 0.3 is 0 Å². The Bertz CT molecular complexity index is 1080. The van der Waals surface area contributed by atoms with Crippen LogP contribution in [0.1, 0.15) is 12.8 Å². The van der Waals surface area contributed by atoms with Gasteiger partial charge in [0, 0.05) is 12.1 Å². The molecule has 2 aliphatic rings. The fraction of sp³-hybridized carbons (Fsp3) is 0.625. The molecule has 1 aromatic rings. The van der Waals surface area contributed by atoms with E-state index in [1.165, 1.54) is 26.4 Å². The molecule has 164 valence electrons. The molecule has 1 aromatic carbocycles. The molecule has 2 fully saturated rings. The number of hydrazine groups is 1. The summed E-state index contributed by atoms with van der Waals surface area (Å²) in [5, 5.41) is 0. The number of methoxy groups -OCH3 is 2. The number of rotatable bonds is 7. The van der Waals surface area contributed by atoms with Gasteiger partial charge in [0.25, 0.3) is 10.0 Å². The van der Waals surface area contributed by atoms with Gasteiger partial charge in [0.1, 0.15) is 16.4 Å². The molecule has 0 radical (unpaired) electrons. The van der Waals surface area contributed by atoms with Gasteiger partial charge in [0.05, 0.1) is 43.3 Å². The molecular weight excluding hydrogens is 444 g/mol. The van der Waals surface area contributed by atoms with Gasteiger partial charge in [-0.1, -0.05) is 0 Å². The van der Waals surface area contributed by atoms with Crippen molar-refractivity contribution in [3.63, 3.8) is 0 Å². The van der Waals surface area contributed by atoms with Crippen molar-refractivity contribution in [2.24, 2.45) is 0 Å². The Hall–Kier alpha value is -1.41. The smallest absolute Gasteiger partial charge is 0.259 e. The number of hydrogen-bond acceptors (Lipinski definition) is 9. The second-order valence-electron chi connectivity index (χ2n) is 7.10. The monoisotopic (exact) mass is 468 g/mol. The van der Waals surface area contributed by atoms with Crippen molar-refractivity contribution in [1.82, 2.24) is 9.84 Å². The van der Waals surface area contributed by atoms with Crippen LogP contribution in [0.4, 0.5) is 0 Å². The molecule has 0 saturated carbocycles. The average molecular weight is 469 g/mol. The third kappa shape index (κ3) is 4.85. The Balaban J connectivity index is 2.03. The molecule has 13 heteroatoms. The summed E-state index contributed by atoms with van der Waals surface area (Å²) in [7, 11) is -8.22. The Morgan fingerprint density at radius 2 is 1.66 bits per heavy atom. The third-order valence-electron chi connectivity index (χ3n) is 4.99. The maximum absolute atomic E-state index is 13.5. The summed E-state index contributed by atoms with van der Waals surface area (Å²) in [4.78, 5) is -0.197. The van der Waals surface area contributed by atoms with Crippen LogP contribution in [-0.4, -0.2) is 79.0 Å². The Kier molecular flexibility index (Phi) is 6.16. The molecule has 0 bridgehead atoms. The van der Waals surface area contributed by atoms with Crippen LogP contribution in [0.3, 0.4) is 0 Å². The molecule has 2 saturated heterocycles. The first kappa shape index (κ1) is 22.3. The van der Waals surface area contributed by atoms with E-state index >= 15 is 0 Å². The first-order valence-corrected chi connectivity index (χ1v) is 14.0. The summed E-state index contributed by atoms with van der Waals surface area (Å²) in [6.45, 7) is 0. The molecule has 0 spiro atoms. The molecule has 0 amide bonds. The largest absolute Gasteiger partial charge is 0.497 e. The second-order valence-corrected chi connectivity index (χ2v) is 13.3. The SMILES string of the molecule is COc1ccc(OC)c(S(=O)(=O)N(N[C@@H]2CCS(=O)(=O)C2)[C@H]2CCS(=O)(=O)C2)c1. The second kappa shape index (κ2) is 8.02. The fourth-order valence-corrected chi connectivity index (χ4v) is 8.70. The molecule has 10 nitrogen and oxygen atoms in total. The quantitative estimate of drug-likeness (QED) is 0.529. The van der Waals surface area contributed by atoms with E-state index < -0.39 is 41.8 Å². The number of sulfone groups is 2. The summed E-state index contributed by atoms with van der Waals surface area (Å²) in [5.74, 6) is -0.393. The van der Waals surface area contributed by atoms with Crippen molar-refractivity contribution < 1.29 is 34.7 Å². The van der Waals surface area contributed by atoms with Gasteiger partial charge in [0.2, 0.25) is 0 Å². The van der Waals surface area contributed by atoms with Gasteiger partial charge in [-0.15, -0.1) is 4.41 Å². The van der Waals surface area contributed by atoms with Crippen molar-refractivity contribution in [2.45, 2.75) is 29.8 Å². The van der Waals surface area contributed by atoms with Crippen molar-refractivity contribution >= 4 is 29.7 Å². The maximum atomic E-state index is 13.5. The van der Waals surface area contributed by atoms with Crippen LogP contribution in [0.2, 0.25) is 0 Å². The third-order valence-corrected chi connectivity index (χ3v) is 10.3. The van der Waals surface area contributed by atoms with Gasteiger partial charge in [-0.3, -0.25) is 0 Å². The number of benzene rings is 1. The number of sulfonamides is 1. The van der Waals surface area contributed by atoms with Crippen molar-refractivity contribution in [3.05, 3.63) is 18.2 Å². The minimum absolute atomic E-state index is 0.0516. The maximum Gasteiger partial charge on any atom is 0.259 e. The first-order chi connectivity index (χ1) is 13.5. The van der Waals surface area contributed by atoms with E-state index in [0.29, 0.717) is 0 Å². The van der Waals surface area contributed by atoms with Crippen LogP contribution in [-0.2, 0) is 29.7 Å². The van der Waals surface area contributed by atoms with E-state index in [2.05, 4.69) is 5.43 Å². The summed E-state index contributed by atoms with van der Waals surface area (Å²) in [5.41, 5.74) is 2.78. The van der Waals surface area contributed by atoms with E-state index in [1.54, 1.807) is 6.07 Å². The normalized spacial score (nSPS) is 25.9. The van der Waals surface area contributed by atoms with Crippen LogP contribution < -0.4 is 14.9 Å². The molecule has 0 aliphatic carbocycles. The summed E-state index contributed by atoms with van der Waals surface area (Å²) < 4.78 is 85.8. The number of ether oxygens (including phenoxy) is 2. The lowest BCUT2D eigenvalue weighted by Gasteiger charge is -2.30. The van der Waals surface area contributed by atoms with Gasteiger partial charge in [-0.05, 0) is 25.0 Å². The van der Waals surface area contributed by atoms with Crippen LogP contribution in [0.5, 0.6) is 11.5 Å². The highest BCUT2D eigenvalue weighted by Gasteiger charge is 2.42. The van der Waals surface area contributed by atoms with Crippen molar-refractivity contribution in [2.75, 3.05) is 37.2 Å². The molecule has 3 rings (SSSR count). The van der Waals surface area contributed by atoms with Gasteiger partial charge < -0.3 is 9.47 Å². The van der Waals surface area contributed by atoms with Gasteiger partial charge in [-0.25, -0.2) is 30.7 Å². The van der Waals surface area contributed by atoms with Gasteiger partial charge in [0.15, 0.2) is 19.7 Å². The highest BCUT2D eigenvalue weighted by atomic mass is 32.2.